The molecule has 0 atom stereocenters. The van der Waals surface area contributed by atoms with Gasteiger partial charge in [-0.3, -0.25) is 4.79 Å². The Morgan fingerprint density at radius 3 is 2.86 bits per heavy atom. The molecule has 0 spiro atoms. The third kappa shape index (κ3) is 3.40. The van der Waals surface area contributed by atoms with Crippen LogP contribution < -0.4 is 0 Å². The second kappa shape index (κ2) is 6.52. The van der Waals surface area contributed by atoms with Crippen molar-refractivity contribution < 1.29 is 9.90 Å². The Kier molecular flexibility index (Phi) is 4.48. The van der Waals surface area contributed by atoms with Crippen molar-refractivity contribution in [1.82, 2.24) is 9.55 Å². The molecule has 2 aromatic rings. The van der Waals surface area contributed by atoms with Crippen LogP contribution >= 0.6 is 11.8 Å². The first-order chi connectivity index (χ1) is 10.2. The van der Waals surface area contributed by atoms with E-state index in [-0.39, 0.29) is 6.42 Å². The molecule has 21 heavy (non-hydrogen) atoms. The third-order valence-electron chi connectivity index (χ3n) is 4.10. The van der Waals surface area contributed by atoms with E-state index in [4.69, 9.17) is 10.1 Å². The Labute approximate surface area is 128 Å². The molecule has 0 radical (unpaired) electrons. The zero-order valence-electron chi connectivity index (χ0n) is 12.0. The van der Waals surface area contributed by atoms with Gasteiger partial charge in [0, 0.05) is 13.0 Å². The van der Waals surface area contributed by atoms with Crippen LogP contribution in [0.2, 0.25) is 0 Å². The quantitative estimate of drug-likeness (QED) is 0.921. The zero-order valence-corrected chi connectivity index (χ0v) is 12.8. The maximum absolute atomic E-state index is 10.9. The second-order valence-electron chi connectivity index (χ2n) is 5.57. The normalized spacial score (nSPS) is 16.4. The number of imidazole rings is 1. The van der Waals surface area contributed by atoms with Crippen molar-refractivity contribution >= 4 is 28.8 Å². The molecule has 112 valence electrons. The van der Waals surface area contributed by atoms with Gasteiger partial charge in [-0.15, -0.1) is 0 Å². The average molecular weight is 304 g/mol. The lowest BCUT2D eigenvalue weighted by Gasteiger charge is -2.21. The molecule has 0 aliphatic carbocycles. The first-order valence-corrected chi connectivity index (χ1v) is 8.63. The second-order valence-corrected chi connectivity index (χ2v) is 6.80. The summed E-state index contributed by atoms with van der Waals surface area (Å²) < 4.78 is 2.10. The molecule has 1 fully saturated rings. The molecule has 1 aliphatic heterocycles. The lowest BCUT2D eigenvalue weighted by Crippen LogP contribution is -2.16. The Balaban J connectivity index is 1.87. The molecule has 1 aromatic heterocycles. The van der Waals surface area contributed by atoms with Gasteiger partial charge in [-0.2, -0.15) is 11.8 Å². The molecule has 3 rings (SSSR count). The minimum absolute atomic E-state index is 0.147. The van der Waals surface area contributed by atoms with Crippen molar-refractivity contribution in [2.24, 2.45) is 5.92 Å². The van der Waals surface area contributed by atoms with Gasteiger partial charge in [0.25, 0.3) is 0 Å². The summed E-state index contributed by atoms with van der Waals surface area (Å²) in [7, 11) is 0. The highest BCUT2D eigenvalue weighted by Gasteiger charge is 2.19. The van der Waals surface area contributed by atoms with Crippen LogP contribution in [0.4, 0.5) is 0 Å². The highest BCUT2D eigenvalue weighted by atomic mass is 32.2. The molecule has 0 amide bonds. The fourth-order valence-electron chi connectivity index (χ4n) is 2.95. The highest BCUT2D eigenvalue weighted by Crippen LogP contribution is 2.27. The van der Waals surface area contributed by atoms with E-state index in [1.165, 1.54) is 24.3 Å². The van der Waals surface area contributed by atoms with Crippen LogP contribution in [-0.4, -0.2) is 32.1 Å². The standard InChI is InChI=1S/C16H20N2O2S/c19-16(20)5-8-18-14-4-2-1-3-13(14)17-15(18)11-12-6-9-21-10-7-12/h1-4,12H,5-11H2,(H,19,20). The highest BCUT2D eigenvalue weighted by molar-refractivity contribution is 7.99. The monoisotopic (exact) mass is 304 g/mol. The number of fused-ring (bicyclic) bond motifs is 1. The van der Waals surface area contributed by atoms with Gasteiger partial charge in [0.1, 0.15) is 5.82 Å². The van der Waals surface area contributed by atoms with Gasteiger partial charge in [0.2, 0.25) is 0 Å². The number of aromatic nitrogens is 2. The molecule has 2 heterocycles. The molecule has 1 aromatic carbocycles. The van der Waals surface area contributed by atoms with Crippen LogP contribution in [0.1, 0.15) is 25.1 Å². The molecule has 1 N–H and O–H groups in total. The smallest absolute Gasteiger partial charge is 0.305 e. The number of carbonyl (C=O) groups is 1. The fraction of sp³-hybridized carbons (Fsp3) is 0.500. The molecular formula is C16H20N2O2S. The first kappa shape index (κ1) is 14.4. The first-order valence-electron chi connectivity index (χ1n) is 7.47. The van der Waals surface area contributed by atoms with Gasteiger partial charge < -0.3 is 9.67 Å². The van der Waals surface area contributed by atoms with Gasteiger partial charge in [0.15, 0.2) is 0 Å². The van der Waals surface area contributed by atoms with Crippen molar-refractivity contribution in [3.05, 3.63) is 30.1 Å². The minimum atomic E-state index is -0.757. The Hall–Kier alpha value is -1.49. The Bertz CT molecular complexity index is 632. The molecule has 5 heteroatoms. The van der Waals surface area contributed by atoms with Gasteiger partial charge in [-0.05, 0) is 42.4 Å². The summed E-state index contributed by atoms with van der Waals surface area (Å²) in [4.78, 5) is 15.6. The van der Waals surface area contributed by atoms with E-state index in [9.17, 15) is 4.79 Å². The molecule has 0 saturated carbocycles. The van der Waals surface area contributed by atoms with E-state index in [0.717, 1.165) is 23.3 Å². The summed E-state index contributed by atoms with van der Waals surface area (Å²) in [6.07, 6.45) is 3.60. The number of benzene rings is 1. The molecule has 1 aliphatic rings. The summed E-state index contributed by atoms with van der Waals surface area (Å²) in [5, 5.41) is 8.96. The largest absolute Gasteiger partial charge is 0.481 e. The molecule has 4 nitrogen and oxygen atoms in total. The summed E-state index contributed by atoms with van der Waals surface area (Å²) in [5.41, 5.74) is 2.03. The average Bonchev–Trinajstić information content (AvgIpc) is 2.83. The summed E-state index contributed by atoms with van der Waals surface area (Å²) in [5.74, 6) is 3.45. The molecule has 0 bridgehead atoms. The zero-order chi connectivity index (χ0) is 14.7. The van der Waals surface area contributed by atoms with Crippen LogP contribution in [-0.2, 0) is 17.8 Å². The number of hydrogen-bond acceptors (Lipinski definition) is 3. The number of aryl methyl sites for hydroxylation is 1. The predicted molar refractivity (Wildman–Crippen MR) is 85.7 cm³/mol. The molecular weight excluding hydrogens is 284 g/mol. The third-order valence-corrected chi connectivity index (χ3v) is 5.14. The Morgan fingerprint density at radius 1 is 1.33 bits per heavy atom. The minimum Gasteiger partial charge on any atom is -0.481 e. The number of nitrogens with zero attached hydrogens (tertiary/aromatic N) is 2. The van der Waals surface area contributed by atoms with Crippen LogP contribution in [0.25, 0.3) is 11.0 Å². The van der Waals surface area contributed by atoms with Crippen molar-refractivity contribution in [3.8, 4) is 0 Å². The number of rotatable bonds is 5. The van der Waals surface area contributed by atoms with Crippen molar-refractivity contribution in [2.45, 2.75) is 32.2 Å². The summed E-state index contributed by atoms with van der Waals surface area (Å²) in [6.45, 7) is 0.507. The maximum Gasteiger partial charge on any atom is 0.305 e. The summed E-state index contributed by atoms with van der Waals surface area (Å²) in [6, 6.07) is 8.01. The van der Waals surface area contributed by atoms with E-state index >= 15 is 0 Å². The van der Waals surface area contributed by atoms with Crippen molar-refractivity contribution in [2.75, 3.05) is 11.5 Å². The lowest BCUT2D eigenvalue weighted by molar-refractivity contribution is -0.137. The van der Waals surface area contributed by atoms with Crippen LogP contribution in [0, 0.1) is 5.92 Å². The number of hydrogen-bond donors (Lipinski definition) is 1. The van der Waals surface area contributed by atoms with Crippen molar-refractivity contribution in [1.29, 1.82) is 0 Å². The fourth-order valence-corrected chi connectivity index (χ4v) is 4.15. The van der Waals surface area contributed by atoms with Gasteiger partial charge in [-0.25, -0.2) is 4.98 Å². The van der Waals surface area contributed by atoms with Gasteiger partial charge in [0.05, 0.1) is 17.5 Å². The number of carboxylic acid groups (broad SMARTS) is 1. The number of thioether (sulfide) groups is 1. The topological polar surface area (TPSA) is 55.1 Å². The lowest BCUT2D eigenvalue weighted by atomic mass is 9.98. The Morgan fingerprint density at radius 2 is 2.10 bits per heavy atom. The van der Waals surface area contributed by atoms with E-state index in [2.05, 4.69) is 4.57 Å². The molecule has 1 saturated heterocycles. The number of carboxylic acids is 1. The summed E-state index contributed by atoms with van der Waals surface area (Å²) >= 11 is 2.03. The van der Waals surface area contributed by atoms with E-state index in [1.807, 2.05) is 36.0 Å². The van der Waals surface area contributed by atoms with E-state index < -0.39 is 5.97 Å². The number of para-hydroxylation sites is 2. The van der Waals surface area contributed by atoms with E-state index in [0.29, 0.717) is 12.5 Å². The molecule has 0 unspecified atom stereocenters. The van der Waals surface area contributed by atoms with Crippen LogP contribution in [0.3, 0.4) is 0 Å². The van der Waals surface area contributed by atoms with E-state index in [1.54, 1.807) is 0 Å². The van der Waals surface area contributed by atoms with Crippen LogP contribution in [0.15, 0.2) is 24.3 Å². The van der Waals surface area contributed by atoms with Crippen LogP contribution in [0.5, 0.6) is 0 Å². The SMILES string of the molecule is O=C(O)CCn1c(CC2CCSCC2)nc2ccccc21. The predicted octanol–water partition coefficient (Wildman–Crippen LogP) is 3.20. The maximum atomic E-state index is 10.9. The van der Waals surface area contributed by atoms with Crippen molar-refractivity contribution in [3.63, 3.8) is 0 Å². The van der Waals surface area contributed by atoms with Gasteiger partial charge in [-0.1, -0.05) is 12.1 Å². The number of aliphatic carboxylic acids is 1. The van der Waals surface area contributed by atoms with Gasteiger partial charge >= 0.3 is 5.97 Å².